The molecule has 0 unspecified atom stereocenters. The van der Waals surface area contributed by atoms with Gasteiger partial charge in [0.15, 0.2) is 0 Å². The van der Waals surface area contributed by atoms with E-state index < -0.39 is 16.0 Å². The van der Waals surface area contributed by atoms with Crippen LogP contribution in [0.3, 0.4) is 0 Å². The van der Waals surface area contributed by atoms with Gasteiger partial charge in [0.2, 0.25) is 10.0 Å². The standard InChI is InChI=1S/C17H20ClN3O4S/c1-11-9-15(20-19-11)12-5-7-21(8-6-12)26(23,24)16-4-3-13(10-14(16)18)17(22)25-2/h3-4,9-10,12H,5-8H2,1-2H3,(H,19,20). The number of ether oxygens (including phenoxy) is 1. The molecule has 0 aliphatic carbocycles. The largest absolute Gasteiger partial charge is 0.465 e. The van der Waals surface area contributed by atoms with Crippen molar-refractivity contribution < 1.29 is 17.9 Å². The smallest absolute Gasteiger partial charge is 0.337 e. The van der Waals surface area contributed by atoms with E-state index in [-0.39, 0.29) is 21.4 Å². The van der Waals surface area contributed by atoms with Crippen LogP contribution in [0.4, 0.5) is 0 Å². The highest BCUT2D eigenvalue weighted by atomic mass is 35.5. The molecule has 9 heteroatoms. The maximum absolute atomic E-state index is 12.9. The van der Waals surface area contributed by atoms with E-state index in [0.29, 0.717) is 25.9 Å². The lowest BCUT2D eigenvalue weighted by Crippen LogP contribution is -2.38. The molecule has 0 amide bonds. The Balaban J connectivity index is 1.76. The van der Waals surface area contributed by atoms with Gasteiger partial charge in [-0.1, -0.05) is 11.6 Å². The predicted molar refractivity (Wildman–Crippen MR) is 96.9 cm³/mol. The Morgan fingerprint density at radius 1 is 1.31 bits per heavy atom. The molecule has 0 bridgehead atoms. The number of carbonyl (C=O) groups excluding carboxylic acids is 1. The number of piperidine rings is 1. The number of aromatic nitrogens is 2. The molecule has 0 saturated carbocycles. The maximum atomic E-state index is 12.9. The minimum absolute atomic E-state index is 0.000818. The number of hydrogen-bond acceptors (Lipinski definition) is 5. The molecular formula is C17H20ClN3O4S. The molecule has 140 valence electrons. The molecule has 1 aromatic carbocycles. The van der Waals surface area contributed by atoms with Crippen LogP contribution in [0.25, 0.3) is 0 Å². The molecule has 3 rings (SSSR count). The van der Waals surface area contributed by atoms with Gasteiger partial charge in [0.1, 0.15) is 4.90 Å². The fourth-order valence-electron chi connectivity index (χ4n) is 3.13. The van der Waals surface area contributed by atoms with Crippen molar-refractivity contribution in [1.29, 1.82) is 0 Å². The first kappa shape index (κ1) is 18.9. The highest BCUT2D eigenvalue weighted by Gasteiger charge is 2.32. The lowest BCUT2D eigenvalue weighted by Gasteiger charge is -2.30. The number of halogens is 1. The molecule has 0 spiro atoms. The van der Waals surface area contributed by atoms with Crippen LogP contribution < -0.4 is 0 Å². The number of esters is 1. The molecular weight excluding hydrogens is 378 g/mol. The summed E-state index contributed by atoms with van der Waals surface area (Å²) in [5.74, 6) is -0.325. The topological polar surface area (TPSA) is 92.4 Å². The summed E-state index contributed by atoms with van der Waals surface area (Å²) < 4.78 is 31.9. The molecule has 1 fully saturated rings. The monoisotopic (exact) mass is 397 g/mol. The SMILES string of the molecule is COC(=O)c1ccc(S(=O)(=O)N2CCC(c3cc(C)[nH]n3)CC2)c(Cl)c1. The average molecular weight is 398 g/mol. The van der Waals surface area contributed by atoms with Crippen molar-refractivity contribution in [2.24, 2.45) is 0 Å². The van der Waals surface area contributed by atoms with Crippen LogP contribution in [-0.4, -0.2) is 49.1 Å². The van der Waals surface area contributed by atoms with Gasteiger partial charge in [-0.3, -0.25) is 5.10 Å². The van der Waals surface area contributed by atoms with E-state index in [1.807, 2.05) is 13.0 Å². The number of nitrogens with one attached hydrogen (secondary N) is 1. The molecule has 26 heavy (non-hydrogen) atoms. The van der Waals surface area contributed by atoms with Crippen molar-refractivity contribution in [2.75, 3.05) is 20.2 Å². The summed E-state index contributed by atoms with van der Waals surface area (Å²) in [6.07, 6.45) is 1.39. The Bertz CT molecular complexity index is 918. The predicted octanol–water partition coefficient (Wildman–Crippen LogP) is 2.73. The third-order valence-corrected chi connectivity index (χ3v) is 6.95. The molecule has 2 aromatic rings. The van der Waals surface area contributed by atoms with Crippen molar-refractivity contribution in [1.82, 2.24) is 14.5 Å². The molecule has 7 nitrogen and oxygen atoms in total. The highest BCUT2D eigenvalue weighted by Crippen LogP contribution is 2.32. The summed E-state index contributed by atoms with van der Waals surface area (Å²) >= 11 is 6.13. The number of methoxy groups -OCH3 is 1. The molecule has 2 heterocycles. The average Bonchev–Trinajstić information content (AvgIpc) is 3.07. The number of rotatable bonds is 4. The van der Waals surface area contributed by atoms with Crippen LogP contribution in [0, 0.1) is 6.92 Å². The van der Waals surface area contributed by atoms with Crippen molar-refractivity contribution in [3.63, 3.8) is 0 Å². The van der Waals surface area contributed by atoms with Gasteiger partial charge in [-0.05, 0) is 44.0 Å². The third-order valence-electron chi connectivity index (χ3n) is 4.57. The minimum Gasteiger partial charge on any atom is -0.465 e. The fourth-order valence-corrected chi connectivity index (χ4v) is 5.12. The number of H-pyrrole nitrogens is 1. The lowest BCUT2D eigenvalue weighted by molar-refractivity contribution is 0.0600. The Morgan fingerprint density at radius 3 is 2.54 bits per heavy atom. The van der Waals surface area contributed by atoms with E-state index >= 15 is 0 Å². The van der Waals surface area contributed by atoms with Gasteiger partial charge in [-0.2, -0.15) is 9.40 Å². The number of carbonyl (C=O) groups is 1. The van der Waals surface area contributed by atoms with Gasteiger partial charge < -0.3 is 4.74 Å². The minimum atomic E-state index is -3.72. The highest BCUT2D eigenvalue weighted by molar-refractivity contribution is 7.89. The zero-order chi connectivity index (χ0) is 18.9. The number of benzene rings is 1. The zero-order valence-corrected chi connectivity index (χ0v) is 16.1. The third kappa shape index (κ3) is 3.62. The van der Waals surface area contributed by atoms with E-state index in [0.717, 1.165) is 11.4 Å². The van der Waals surface area contributed by atoms with E-state index in [1.54, 1.807) is 0 Å². The van der Waals surface area contributed by atoms with Crippen LogP contribution in [0.1, 0.15) is 40.5 Å². The van der Waals surface area contributed by atoms with E-state index in [9.17, 15) is 13.2 Å². The van der Waals surface area contributed by atoms with Gasteiger partial charge in [0.05, 0.1) is 23.4 Å². The second-order valence-corrected chi connectivity index (χ2v) is 8.60. The Morgan fingerprint density at radius 2 is 2.00 bits per heavy atom. The van der Waals surface area contributed by atoms with Gasteiger partial charge in [-0.15, -0.1) is 0 Å². The number of aromatic amines is 1. The van der Waals surface area contributed by atoms with Gasteiger partial charge in [0, 0.05) is 24.7 Å². The second-order valence-electron chi connectivity index (χ2n) is 6.29. The summed E-state index contributed by atoms with van der Waals surface area (Å²) in [6, 6.07) is 6.08. The van der Waals surface area contributed by atoms with Crippen LogP contribution in [0.15, 0.2) is 29.2 Å². The summed E-state index contributed by atoms with van der Waals surface area (Å²) in [4.78, 5) is 11.6. The quantitative estimate of drug-likeness (QED) is 0.801. The molecule has 0 radical (unpaired) electrons. The number of nitrogens with zero attached hydrogens (tertiary/aromatic N) is 2. The number of hydrogen-bond donors (Lipinski definition) is 1. The normalized spacial score (nSPS) is 16.6. The van der Waals surface area contributed by atoms with Crippen LogP contribution >= 0.6 is 11.6 Å². The van der Waals surface area contributed by atoms with E-state index in [1.165, 1.54) is 29.6 Å². The van der Waals surface area contributed by atoms with Gasteiger partial charge in [0.25, 0.3) is 0 Å². The molecule has 1 aromatic heterocycles. The van der Waals surface area contributed by atoms with Crippen LogP contribution in [0.2, 0.25) is 5.02 Å². The number of sulfonamides is 1. The van der Waals surface area contributed by atoms with E-state index in [2.05, 4.69) is 14.9 Å². The second kappa shape index (κ2) is 7.38. The first-order valence-corrected chi connectivity index (χ1v) is 10.0. The number of aryl methyl sites for hydroxylation is 1. The Hall–Kier alpha value is -1.90. The van der Waals surface area contributed by atoms with Crippen molar-refractivity contribution in [2.45, 2.75) is 30.6 Å². The van der Waals surface area contributed by atoms with E-state index in [4.69, 9.17) is 11.6 Å². The summed E-state index contributed by atoms with van der Waals surface area (Å²) in [7, 11) is -2.47. The molecule has 0 atom stereocenters. The van der Waals surface area contributed by atoms with Crippen LogP contribution in [-0.2, 0) is 14.8 Å². The van der Waals surface area contributed by atoms with Crippen LogP contribution in [0.5, 0.6) is 0 Å². The summed E-state index contributed by atoms with van der Waals surface area (Å²) in [5, 5.41) is 7.21. The summed E-state index contributed by atoms with van der Waals surface area (Å²) in [6.45, 7) is 2.73. The first-order valence-electron chi connectivity index (χ1n) is 8.23. The lowest BCUT2D eigenvalue weighted by atomic mass is 9.95. The summed E-state index contributed by atoms with van der Waals surface area (Å²) in [5.41, 5.74) is 2.18. The Kier molecular flexibility index (Phi) is 5.36. The first-order chi connectivity index (χ1) is 12.3. The molecule has 1 N–H and O–H groups in total. The van der Waals surface area contributed by atoms with Crippen molar-refractivity contribution in [3.8, 4) is 0 Å². The molecule has 1 aliphatic rings. The molecule has 1 saturated heterocycles. The maximum Gasteiger partial charge on any atom is 0.337 e. The molecule has 1 aliphatic heterocycles. The fraction of sp³-hybridized carbons (Fsp3) is 0.412. The van der Waals surface area contributed by atoms with Gasteiger partial charge in [-0.25, -0.2) is 13.2 Å². The van der Waals surface area contributed by atoms with Gasteiger partial charge >= 0.3 is 5.97 Å². The van der Waals surface area contributed by atoms with Crippen molar-refractivity contribution in [3.05, 3.63) is 46.2 Å². The van der Waals surface area contributed by atoms with Crippen molar-refractivity contribution >= 4 is 27.6 Å². The Labute approximate surface area is 157 Å². The zero-order valence-electron chi connectivity index (χ0n) is 14.5.